The number of unbranched alkanes of at least 4 members (excludes halogenated alkanes) is 1. The van der Waals surface area contributed by atoms with Gasteiger partial charge in [-0.3, -0.25) is 4.99 Å². The number of halogens is 1. The van der Waals surface area contributed by atoms with Crippen LogP contribution in [0.5, 0.6) is 0 Å². The van der Waals surface area contributed by atoms with E-state index in [0.717, 1.165) is 25.5 Å². The standard InChI is InChI=1S/C15H27N5S.HI/c1-3-4-8-17-14(16-2)18-9-7-13-12-21-15(19-13)20-10-5-6-11-20;/h12H,3-11H2,1-2H3,(H2,16,17,18);1H. The lowest BCUT2D eigenvalue weighted by Gasteiger charge is -2.12. The Morgan fingerprint density at radius 1 is 1.32 bits per heavy atom. The predicted molar refractivity (Wildman–Crippen MR) is 107 cm³/mol. The molecule has 0 aliphatic carbocycles. The summed E-state index contributed by atoms with van der Waals surface area (Å²) < 4.78 is 0. The summed E-state index contributed by atoms with van der Waals surface area (Å²) in [5.41, 5.74) is 1.18. The molecular formula is C15H28IN5S. The Hall–Kier alpha value is -0.570. The maximum Gasteiger partial charge on any atom is 0.190 e. The number of hydrogen-bond donors (Lipinski definition) is 2. The zero-order valence-electron chi connectivity index (χ0n) is 13.6. The summed E-state index contributed by atoms with van der Waals surface area (Å²) in [4.78, 5) is 11.4. The molecule has 1 fully saturated rings. The minimum absolute atomic E-state index is 0. The van der Waals surface area contributed by atoms with E-state index in [0.29, 0.717) is 0 Å². The van der Waals surface area contributed by atoms with Crippen LogP contribution in [0.25, 0.3) is 0 Å². The smallest absolute Gasteiger partial charge is 0.190 e. The lowest BCUT2D eigenvalue weighted by Crippen LogP contribution is -2.38. The van der Waals surface area contributed by atoms with Gasteiger partial charge in [-0.15, -0.1) is 35.3 Å². The summed E-state index contributed by atoms with van der Waals surface area (Å²) in [5.74, 6) is 0.887. The second kappa shape index (κ2) is 11.0. The molecule has 2 rings (SSSR count). The minimum Gasteiger partial charge on any atom is -0.356 e. The SMILES string of the molecule is CCCCNC(=NC)NCCc1csc(N2CCCC2)n1.I. The Kier molecular flexibility index (Phi) is 9.77. The molecule has 0 bridgehead atoms. The first-order valence-electron chi connectivity index (χ1n) is 7.97. The second-order valence-electron chi connectivity index (χ2n) is 5.34. The highest BCUT2D eigenvalue weighted by Crippen LogP contribution is 2.24. The maximum absolute atomic E-state index is 4.73. The lowest BCUT2D eigenvalue weighted by atomic mass is 10.3. The number of aliphatic imine (C=N–C) groups is 1. The van der Waals surface area contributed by atoms with Crippen LogP contribution in [0.15, 0.2) is 10.4 Å². The molecule has 22 heavy (non-hydrogen) atoms. The molecule has 0 atom stereocenters. The fraction of sp³-hybridized carbons (Fsp3) is 0.733. The Bertz CT molecular complexity index is 443. The van der Waals surface area contributed by atoms with Gasteiger partial charge in [0.2, 0.25) is 0 Å². The molecule has 1 aromatic heterocycles. The molecular weight excluding hydrogens is 409 g/mol. The number of thiazole rings is 1. The molecule has 7 heteroatoms. The maximum atomic E-state index is 4.73. The van der Waals surface area contributed by atoms with Gasteiger partial charge in [0.25, 0.3) is 0 Å². The number of nitrogens with zero attached hydrogens (tertiary/aromatic N) is 3. The van der Waals surface area contributed by atoms with Crippen molar-refractivity contribution >= 4 is 46.4 Å². The molecule has 0 radical (unpaired) electrons. The average Bonchev–Trinajstić information content (AvgIpc) is 3.16. The van der Waals surface area contributed by atoms with E-state index >= 15 is 0 Å². The fourth-order valence-electron chi connectivity index (χ4n) is 2.38. The number of hydrogen-bond acceptors (Lipinski definition) is 4. The first kappa shape index (κ1) is 19.5. The van der Waals surface area contributed by atoms with E-state index in [1.54, 1.807) is 11.3 Å². The largest absolute Gasteiger partial charge is 0.356 e. The summed E-state index contributed by atoms with van der Waals surface area (Å²) in [6.07, 6.45) is 5.92. The van der Waals surface area contributed by atoms with Crippen molar-refractivity contribution in [2.24, 2.45) is 4.99 Å². The molecule has 1 aliphatic rings. The lowest BCUT2D eigenvalue weighted by molar-refractivity contribution is 0.725. The molecule has 1 saturated heterocycles. The van der Waals surface area contributed by atoms with Crippen LogP contribution in [-0.4, -0.2) is 44.2 Å². The molecule has 0 amide bonds. The molecule has 2 N–H and O–H groups in total. The zero-order chi connectivity index (χ0) is 14.9. The third-order valence-corrected chi connectivity index (χ3v) is 4.59. The van der Waals surface area contributed by atoms with Gasteiger partial charge in [0.1, 0.15) is 0 Å². The molecule has 126 valence electrons. The number of nitrogens with one attached hydrogen (secondary N) is 2. The van der Waals surface area contributed by atoms with Gasteiger partial charge >= 0.3 is 0 Å². The molecule has 2 heterocycles. The van der Waals surface area contributed by atoms with Crippen LogP contribution in [0.4, 0.5) is 5.13 Å². The molecule has 5 nitrogen and oxygen atoms in total. The van der Waals surface area contributed by atoms with Gasteiger partial charge in [0, 0.05) is 45.0 Å². The monoisotopic (exact) mass is 437 g/mol. The average molecular weight is 437 g/mol. The van der Waals surface area contributed by atoms with Crippen LogP contribution in [-0.2, 0) is 6.42 Å². The van der Waals surface area contributed by atoms with E-state index in [9.17, 15) is 0 Å². The molecule has 0 aromatic carbocycles. The Labute approximate surface area is 155 Å². The molecule has 1 aromatic rings. The van der Waals surface area contributed by atoms with Gasteiger partial charge in [-0.05, 0) is 19.3 Å². The molecule has 0 spiro atoms. The third kappa shape index (κ3) is 6.28. The van der Waals surface area contributed by atoms with E-state index in [4.69, 9.17) is 4.98 Å². The van der Waals surface area contributed by atoms with E-state index in [1.807, 2.05) is 7.05 Å². The predicted octanol–water partition coefficient (Wildman–Crippen LogP) is 2.87. The first-order valence-corrected chi connectivity index (χ1v) is 8.85. The molecule has 0 unspecified atom stereocenters. The normalized spacial score (nSPS) is 14.8. The topological polar surface area (TPSA) is 52.6 Å². The highest BCUT2D eigenvalue weighted by Gasteiger charge is 2.15. The van der Waals surface area contributed by atoms with Gasteiger partial charge < -0.3 is 15.5 Å². The van der Waals surface area contributed by atoms with Crippen molar-refractivity contribution in [1.82, 2.24) is 15.6 Å². The van der Waals surface area contributed by atoms with Gasteiger partial charge in [0.05, 0.1) is 5.69 Å². The third-order valence-electron chi connectivity index (χ3n) is 3.64. The van der Waals surface area contributed by atoms with Gasteiger partial charge in [0.15, 0.2) is 11.1 Å². The van der Waals surface area contributed by atoms with Gasteiger partial charge in [-0.25, -0.2) is 4.98 Å². The fourth-order valence-corrected chi connectivity index (χ4v) is 3.29. The second-order valence-corrected chi connectivity index (χ2v) is 6.18. The van der Waals surface area contributed by atoms with Crippen molar-refractivity contribution in [3.8, 4) is 0 Å². The van der Waals surface area contributed by atoms with Gasteiger partial charge in [-0.2, -0.15) is 0 Å². The minimum atomic E-state index is 0. The number of anilines is 1. The summed E-state index contributed by atoms with van der Waals surface area (Å²) in [5, 5.41) is 10.0. The Morgan fingerprint density at radius 3 is 2.73 bits per heavy atom. The van der Waals surface area contributed by atoms with Crippen LogP contribution in [0, 0.1) is 0 Å². The van der Waals surface area contributed by atoms with Crippen molar-refractivity contribution in [3.63, 3.8) is 0 Å². The highest BCUT2D eigenvalue weighted by molar-refractivity contribution is 14.0. The van der Waals surface area contributed by atoms with Crippen LogP contribution < -0.4 is 15.5 Å². The summed E-state index contributed by atoms with van der Waals surface area (Å²) in [7, 11) is 1.82. The Balaban J connectivity index is 0.00000242. The van der Waals surface area contributed by atoms with Crippen LogP contribution in [0.1, 0.15) is 38.3 Å². The quantitative estimate of drug-likeness (QED) is 0.298. The van der Waals surface area contributed by atoms with E-state index < -0.39 is 0 Å². The van der Waals surface area contributed by atoms with E-state index in [1.165, 1.54) is 49.6 Å². The van der Waals surface area contributed by atoms with Crippen molar-refractivity contribution in [2.75, 3.05) is 38.1 Å². The van der Waals surface area contributed by atoms with E-state index in [2.05, 4.69) is 32.8 Å². The van der Waals surface area contributed by atoms with Crippen LogP contribution >= 0.6 is 35.3 Å². The number of aromatic nitrogens is 1. The number of rotatable bonds is 7. The Morgan fingerprint density at radius 2 is 2.05 bits per heavy atom. The summed E-state index contributed by atoms with van der Waals surface area (Å²) in [6, 6.07) is 0. The summed E-state index contributed by atoms with van der Waals surface area (Å²) >= 11 is 1.77. The number of guanidine groups is 1. The van der Waals surface area contributed by atoms with E-state index in [-0.39, 0.29) is 24.0 Å². The molecule has 1 aliphatic heterocycles. The van der Waals surface area contributed by atoms with Crippen LogP contribution in [0.3, 0.4) is 0 Å². The first-order chi connectivity index (χ1) is 10.3. The van der Waals surface area contributed by atoms with Crippen molar-refractivity contribution in [3.05, 3.63) is 11.1 Å². The highest BCUT2D eigenvalue weighted by atomic mass is 127. The van der Waals surface area contributed by atoms with Crippen molar-refractivity contribution < 1.29 is 0 Å². The molecule has 0 saturated carbocycles. The zero-order valence-corrected chi connectivity index (χ0v) is 16.7. The van der Waals surface area contributed by atoms with Crippen molar-refractivity contribution in [1.29, 1.82) is 0 Å². The summed E-state index contributed by atoms with van der Waals surface area (Å²) in [6.45, 7) is 6.37. The van der Waals surface area contributed by atoms with Crippen molar-refractivity contribution in [2.45, 2.75) is 39.0 Å². The van der Waals surface area contributed by atoms with Crippen LogP contribution in [0.2, 0.25) is 0 Å². The van der Waals surface area contributed by atoms with Gasteiger partial charge in [-0.1, -0.05) is 13.3 Å².